The van der Waals surface area contributed by atoms with Gasteiger partial charge in [-0.3, -0.25) is 38.5 Å². The SMILES string of the molecule is O=C1c2c(O)c(=O)ccn2N2CN1C/C=C/COc1cccc3c1[C@H]2c1ccccc1S(=O)(=O)C3.O=C1c2c(O)c(=O)ccn2N2CN1C/C=C/COc1cccc3c1[C@H]2c1ccccc1SC3.S.S. The molecule has 20 heteroatoms. The van der Waals surface area contributed by atoms with Gasteiger partial charge in [-0.1, -0.05) is 72.8 Å². The van der Waals surface area contributed by atoms with Gasteiger partial charge < -0.3 is 29.5 Å². The number of hydrogen-bond acceptors (Lipinski definition) is 13. The van der Waals surface area contributed by atoms with Gasteiger partial charge in [0.05, 0.1) is 10.6 Å². The molecule has 2 atom stereocenters. The van der Waals surface area contributed by atoms with Crippen LogP contribution in [0.3, 0.4) is 0 Å². The lowest BCUT2D eigenvalue weighted by Gasteiger charge is -2.44. The molecule has 70 heavy (non-hydrogen) atoms. The molecule has 6 aliphatic rings. The van der Waals surface area contributed by atoms with E-state index >= 15 is 0 Å². The summed E-state index contributed by atoms with van der Waals surface area (Å²) in [6, 6.07) is 28.0. The van der Waals surface area contributed by atoms with Crippen molar-refractivity contribution in [1.29, 1.82) is 0 Å². The second kappa shape index (κ2) is 19.1. The average Bonchev–Trinajstić information content (AvgIpc) is 3.59. The Labute approximate surface area is 420 Å². The largest absolute Gasteiger partial charge is 0.502 e. The van der Waals surface area contributed by atoms with Gasteiger partial charge in [0.15, 0.2) is 32.7 Å². The molecule has 8 heterocycles. The maximum Gasteiger partial charge on any atom is 0.278 e. The number of hydrogen-bond donors (Lipinski definition) is 2. The Morgan fingerprint density at radius 3 is 1.66 bits per heavy atom. The van der Waals surface area contributed by atoms with E-state index in [1.165, 1.54) is 27.9 Å². The smallest absolute Gasteiger partial charge is 0.278 e. The van der Waals surface area contributed by atoms with Crippen molar-refractivity contribution in [3.8, 4) is 23.0 Å². The van der Waals surface area contributed by atoms with Crippen LogP contribution in [0.15, 0.2) is 153 Å². The van der Waals surface area contributed by atoms with Gasteiger partial charge >= 0.3 is 0 Å². The summed E-state index contributed by atoms with van der Waals surface area (Å²) in [5.41, 5.74) is 3.61. The number of ether oxygens (including phenoxy) is 2. The molecule has 0 radical (unpaired) electrons. The molecule has 0 unspecified atom stereocenters. The molecule has 4 bridgehead atoms. The van der Waals surface area contributed by atoms with E-state index in [0.29, 0.717) is 35.6 Å². The van der Waals surface area contributed by atoms with E-state index in [4.69, 9.17) is 9.47 Å². The van der Waals surface area contributed by atoms with Gasteiger partial charge in [0.1, 0.15) is 50.1 Å². The first-order valence-corrected chi connectivity index (χ1v) is 24.5. The van der Waals surface area contributed by atoms with Gasteiger partial charge in [0.2, 0.25) is 10.9 Å². The summed E-state index contributed by atoms with van der Waals surface area (Å²) in [6.07, 6.45) is 10.4. The van der Waals surface area contributed by atoms with E-state index in [1.807, 2.05) is 41.4 Å². The fourth-order valence-corrected chi connectivity index (χ4v) is 12.5. The third kappa shape index (κ3) is 8.07. The van der Waals surface area contributed by atoms with Crippen molar-refractivity contribution in [2.75, 3.05) is 49.7 Å². The highest BCUT2D eigenvalue weighted by Crippen LogP contribution is 2.47. The van der Waals surface area contributed by atoms with E-state index in [1.54, 1.807) is 87.2 Å². The monoisotopic (exact) mass is 1020 g/mol. The van der Waals surface area contributed by atoms with Crippen molar-refractivity contribution < 1.29 is 37.7 Å². The second-order valence-electron chi connectivity index (χ2n) is 16.8. The van der Waals surface area contributed by atoms with Crippen LogP contribution in [0.4, 0.5) is 0 Å². The molecule has 0 saturated heterocycles. The van der Waals surface area contributed by atoms with E-state index < -0.39 is 44.1 Å². The molecule has 2 N–H and O–H groups in total. The second-order valence-corrected chi connectivity index (χ2v) is 19.8. The summed E-state index contributed by atoms with van der Waals surface area (Å²) in [5, 5.41) is 25.1. The molecule has 2 amide bonds. The van der Waals surface area contributed by atoms with Crippen LogP contribution in [-0.4, -0.2) is 89.2 Å². The first kappa shape index (κ1) is 48.0. The van der Waals surface area contributed by atoms with Crippen molar-refractivity contribution in [3.63, 3.8) is 0 Å². The van der Waals surface area contributed by atoms with Crippen LogP contribution in [0.5, 0.6) is 23.0 Å². The minimum atomic E-state index is -3.69. The Morgan fingerprint density at radius 2 is 1.07 bits per heavy atom. The Hall–Kier alpha value is -7.00. The number of rotatable bonds is 0. The van der Waals surface area contributed by atoms with Crippen LogP contribution in [-0.2, 0) is 21.3 Å². The number of aromatic hydroxyl groups is 2. The summed E-state index contributed by atoms with van der Waals surface area (Å²) in [5.74, 6) is -0.156. The lowest BCUT2D eigenvalue weighted by Crippen LogP contribution is -2.55. The Balaban J connectivity index is 0.000000169. The third-order valence-corrected chi connectivity index (χ3v) is 15.7. The van der Waals surface area contributed by atoms with Crippen LogP contribution < -0.4 is 30.3 Å². The molecule has 4 aromatic carbocycles. The zero-order valence-corrected chi connectivity index (χ0v) is 40.8. The zero-order valence-electron chi connectivity index (χ0n) is 37.2. The normalized spacial score (nSPS) is 19.8. The zero-order chi connectivity index (χ0) is 46.8. The van der Waals surface area contributed by atoms with E-state index in [2.05, 4.69) is 18.2 Å². The molecular weight excluding hydrogens is 973 g/mol. The number of fused-ring (bicyclic) bond motifs is 14. The van der Waals surface area contributed by atoms with E-state index in [0.717, 1.165) is 33.1 Å². The summed E-state index contributed by atoms with van der Waals surface area (Å²) in [6.45, 7) is 1.55. The fraction of sp³-hybridized carbons (Fsp3) is 0.200. The van der Waals surface area contributed by atoms with Crippen molar-refractivity contribution in [2.24, 2.45) is 0 Å². The summed E-state index contributed by atoms with van der Waals surface area (Å²) >= 11 is 1.77. The molecule has 360 valence electrons. The Kier molecular flexibility index (Phi) is 13.1. The highest BCUT2D eigenvalue weighted by molar-refractivity contribution is 7.98. The van der Waals surface area contributed by atoms with Gasteiger partial charge in [-0.05, 0) is 58.7 Å². The lowest BCUT2D eigenvalue weighted by molar-refractivity contribution is 0.0693. The average molecular weight is 1020 g/mol. The molecular formula is C50H46N6O10S4. The molecule has 2 aromatic heterocycles. The number of sulfone groups is 1. The first-order chi connectivity index (χ1) is 33.0. The van der Waals surface area contributed by atoms with Gasteiger partial charge in [-0.15, -0.1) is 11.8 Å². The number of aromatic nitrogens is 2. The summed E-state index contributed by atoms with van der Waals surface area (Å²) < 4.78 is 42.3. The summed E-state index contributed by atoms with van der Waals surface area (Å²) in [7, 11) is -3.69. The maximum atomic E-state index is 13.5. The van der Waals surface area contributed by atoms with Crippen molar-refractivity contribution in [2.45, 2.75) is 33.4 Å². The topological polar surface area (TPSA) is 184 Å². The van der Waals surface area contributed by atoms with Crippen LogP contribution in [0.25, 0.3) is 0 Å². The molecule has 0 aliphatic carbocycles. The number of carbonyl (C=O) groups excluding carboxylic acids is 2. The Bertz CT molecular complexity index is 3400. The quantitative estimate of drug-likeness (QED) is 0.185. The number of amides is 2. The lowest BCUT2D eigenvalue weighted by atomic mass is 9.93. The molecule has 12 rings (SSSR count). The van der Waals surface area contributed by atoms with Crippen molar-refractivity contribution in [1.82, 2.24) is 19.2 Å². The van der Waals surface area contributed by atoms with Crippen molar-refractivity contribution >= 4 is 60.4 Å². The predicted molar refractivity (Wildman–Crippen MR) is 273 cm³/mol. The predicted octanol–water partition coefficient (Wildman–Crippen LogP) is 5.41. The maximum absolute atomic E-state index is 13.5. The number of pyridine rings is 2. The van der Waals surface area contributed by atoms with Crippen LogP contribution in [0, 0.1) is 0 Å². The van der Waals surface area contributed by atoms with E-state index in [9.17, 15) is 37.8 Å². The molecule has 0 saturated carbocycles. The molecule has 6 aliphatic heterocycles. The molecule has 0 spiro atoms. The fourth-order valence-electron chi connectivity index (χ4n) is 9.78. The number of nitrogens with zero attached hydrogens (tertiary/aromatic N) is 6. The molecule has 16 nitrogen and oxygen atoms in total. The highest BCUT2D eigenvalue weighted by Gasteiger charge is 2.43. The number of thioether (sulfide) groups is 1. The minimum Gasteiger partial charge on any atom is -0.502 e. The first-order valence-electron chi connectivity index (χ1n) is 21.8. The highest BCUT2D eigenvalue weighted by atomic mass is 32.2. The van der Waals surface area contributed by atoms with Gasteiger partial charge in [-0.25, -0.2) is 8.42 Å². The van der Waals surface area contributed by atoms with Crippen LogP contribution in [0.2, 0.25) is 0 Å². The van der Waals surface area contributed by atoms with E-state index in [-0.39, 0.29) is 87.5 Å². The number of benzene rings is 4. The van der Waals surface area contributed by atoms with Gasteiger partial charge in [0, 0.05) is 59.4 Å². The molecule has 0 fully saturated rings. The minimum absolute atomic E-state index is 0. The van der Waals surface area contributed by atoms with Crippen LogP contribution >= 0.6 is 38.8 Å². The molecule has 6 aromatic rings. The summed E-state index contributed by atoms with van der Waals surface area (Å²) in [4.78, 5) is 55.6. The number of carbonyl (C=O) groups is 2. The Morgan fingerprint density at radius 1 is 0.571 bits per heavy atom. The van der Waals surface area contributed by atoms with Gasteiger partial charge in [0.25, 0.3) is 11.8 Å². The van der Waals surface area contributed by atoms with Crippen molar-refractivity contribution in [3.05, 3.63) is 199 Å². The standard InChI is InChI=1S/C25H21N3O6S.C25H21N3O4S.2H2S/c29-18-10-12-27-23(24(18)30)25(31)26-11-3-4-13-34-19-8-5-6-16-14-35(32,33)20-9-2-1-7-17(20)22(21(16)19)28(27)15-26;29-18-10-12-27-23(24(18)30)25(31)26-11-3-4-13-32-19-8-5-6-16-14-33-20-9-2-1-7-17(20)22(21(16)19)28(27)15-26;;/h1-10,12,22,30H,11,13-15H2;1-10,12,22,30H,11,13-15H2;2*1H2/b2*4-3+;;/t2*22-;;/m11../s1. The van der Waals surface area contributed by atoms with Crippen LogP contribution in [0.1, 0.15) is 66.4 Å². The van der Waals surface area contributed by atoms with Gasteiger partial charge in [-0.2, -0.15) is 27.0 Å². The third-order valence-electron chi connectivity index (χ3n) is 12.9.